The van der Waals surface area contributed by atoms with Crippen molar-refractivity contribution in [3.63, 3.8) is 0 Å². The van der Waals surface area contributed by atoms with Crippen molar-refractivity contribution in [1.82, 2.24) is 0 Å². The topological polar surface area (TPSA) is 104 Å². The lowest BCUT2D eigenvalue weighted by Crippen LogP contribution is -2.38. The van der Waals surface area contributed by atoms with Gasteiger partial charge in [-0.25, -0.2) is 9.59 Å². The molecule has 0 saturated carbocycles. The van der Waals surface area contributed by atoms with Gasteiger partial charge in [0.15, 0.2) is 0 Å². The van der Waals surface area contributed by atoms with Crippen molar-refractivity contribution in [1.29, 1.82) is 0 Å². The van der Waals surface area contributed by atoms with Crippen molar-refractivity contribution in [3.05, 3.63) is 23.8 Å². The van der Waals surface area contributed by atoms with Crippen LogP contribution in [-0.2, 0) is 4.79 Å². The van der Waals surface area contributed by atoms with E-state index in [9.17, 15) is 9.59 Å². The quantitative estimate of drug-likeness (QED) is 0.682. The SMILES string of the molecule is CCC(C(=O)O)N(C)c1ccc(C(=O)O)cc1N. The van der Waals surface area contributed by atoms with Gasteiger partial charge >= 0.3 is 11.9 Å². The summed E-state index contributed by atoms with van der Waals surface area (Å²) in [6.45, 7) is 1.76. The van der Waals surface area contributed by atoms with Crippen LogP contribution in [0.3, 0.4) is 0 Å². The number of anilines is 2. The van der Waals surface area contributed by atoms with Crippen LogP contribution >= 0.6 is 0 Å². The molecule has 4 N–H and O–H groups in total. The van der Waals surface area contributed by atoms with E-state index in [-0.39, 0.29) is 11.3 Å². The minimum absolute atomic E-state index is 0.0769. The second-order valence-corrected chi connectivity index (χ2v) is 3.95. The predicted molar refractivity (Wildman–Crippen MR) is 67.9 cm³/mol. The van der Waals surface area contributed by atoms with Gasteiger partial charge < -0.3 is 20.8 Å². The van der Waals surface area contributed by atoms with Crippen LogP contribution in [0.2, 0.25) is 0 Å². The fourth-order valence-electron chi connectivity index (χ4n) is 1.79. The van der Waals surface area contributed by atoms with E-state index in [0.29, 0.717) is 12.1 Å². The number of hydrogen-bond acceptors (Lipinski definition) is 4. The summed E-state index contributed by atoms with van der Waals surface area (Å²) in [5, 5.41) is 17.9. The molecule has 0 aliphatic heterocycles. The highest BCUT2D eigenvalue weighted by Gasteiger charge is 2.22. The Bertz CT molecular complexity index is 473. The van der Waals surface area contributed by atoms with E-state index in [1.807, 2.05) is 0 Å². The highest BCUT2D eigenvalue weighted by molar-refractivity contribution is 5.91. The first-order valence-corrected chi connectivity index (χ1v) is 5.47. The Kier molecular flexibility index (Phi) is 4.14. The van der Waals surface area contributed by atoms with E-state index in [1.165, 1.54) is 23.1 Å². The van der Waals surface area contributed by atoms with E-state index in [1.54, 1.807) is 14.0 Å². The second-order valence-electron chi connectivity index (χ2n) is 3.95. The summed E-state index contributed by atoms with van der Waals surface area (Å²) in [4.78, 5) is 23.4. The Balaban J connectivity index is 3.10. The largest absolute Gasteiger partial charge is 0.480 e. The number of benzene rings is 1. The third-order valence-electron chi connectivity index (χ3n) is 2.79. The maximum absolute atomic E-state index is 11.1. The summed E-state index contributed by atoms with van der Waals surface area (Å²) in [6, 6.07) is 3.55. The van der Waals surface area contributed by atoms with Crippen LogP contribution in [0.1, 0.15) is 23.7 Å². The predicted octanol–water partition coefficient (Wildman–Crippen LogP) is 1.27. The van der Waals surface area contributed by atoms with E-state index >= 15 is 0 Å². The average Bonchev–Trinajstić information content (AvgIpc) is 2.28. The molecule has 1 atom stereocenters. The molecule has 98 valence electrons. The van der Waals surface area contributed by atoms with E-state index in [4.69, 9.17) is 15.9 Å². The number of carboxylic acid groups (broad SMARTS) is 2. The number of nitrogens with zero attached hydrogens (tertiary/aromatic N) is 1. The third kappa shape index (κ3) is 2.71. The molecule has 0 radical (unpaired) electrons. The van der Waals surface area contributed by atoms with Gasteiger partial charge in [0.2, 0.25) is 0 Å². The van der Waals surface area contributed by atoms with Gasteiger partial charge in [-0.15, -0.1) is 0 Å². The van der Waals surface area contributed by atoms with Crippen LogP contribution in [0.5, 0.6) is 0 Å². The molecular formula is C12H16N2O4. The molecule has 0 bridgehead atoms. The number of likely N-dealkylation sites (N-methyl/N-ethyl adjacent to an activating group) is 1. The van der Waals surface area contributed by atoms with Crippen LogP contribution in [0, 0.1) is 0 Å². The molecule has 1 aromatic rings. The molecule has 18 heavy (non-hydrogen) atoms. The van der Waals surface area contributed by atoms with Crippen LogP contribution in [-0.4, -0.2) is 35.2 Å². The number of hydrogen-bond donors (Lipinski definition) is 3. The standard InChI is InChI=1S/C12H16N2O4/c1-3-9(12(17)18)14(2)10-5-4-7(11(15)16)6-8(10)13/h4-6,9H,3,13H2,1-2H3,(H,15,16)(H,17,18). The molecule has 0 aliphatic carbocycles. The second kappa shape index (κ2) is 5.39. The number of aliphatic carboxylic acids is 1. The number of carbonyl (C=O) groups is 2. The highest BCUT2D eigenvalue weighted by atomic mass is 16.4. The van der Waals surface area contributed by atoms with Crippen molar-refractivity contribution < 1.29 is 19.8 Å². The van der Waals surface area contributed by atoms with Gasteiger partial charge in [0, 0.05) is 7.05 Å². The summed E-state index contributed by atoms with van der Waals surface area (Å²) < 4.78 is 0. The summed E-state index contributed by atoms with van der Waals surface area (Å²) in [6.07, 6.45) is 0.423. The number of nitrogens with two attached hydrogens (primary N) is 1. The van der Waals surface area contributed by atoms with Crippen molar-refractivity contribution in [2.75, 3.05) is 17.7 Å². The smallest absolute Gasteiger partial charge is 0.335 e. The lowest BCUT2D eigenvalue weighted by atomic mass is 10.1. The number of rotatable bonds is 5. The minimum atomic E-state index is -1.07. The van der Waals surface area contributed by atoms with E-state index in [2.05, 4.69) is 0 Å². The third-order valence-corrected chi connectivity index (χ3v) is 2.79. The minimum Gasteiger partial charge on any atom is -0.480 e. The molecule has 6 nitrogen and oxygen atoms in total. The zero-order chi connectivity index (χ0) is 13.9. The van der Waals surface area contributed by atoms with Crippen molar-refractivity contribution >= 4 is 23.3 Å². The van der Waals surface area contributed by atoms with Crippen LogP contribution < -0.4 is 10.6 Å². The van der Waals surface area contributed by atoms with Gasteiger partial charge in [-0.05, 0) is 24.6 Å². The molecular weight excluding hydrogens is 236 g/mol. The van der Waals surface area contributed by atoms with Crippen molar-refractivity contribution in [2.24, 2.45) is 0 Å². The summed E-state index contributed by atoms with van der Waals surface area (Å²) >= 11 is 0. The van der Waals surface area contributed by atoms with E-state index < -0.39 is 18.0 Å². The first-order chi connectivity index (χ1) is 8.38. The zero-order valence-corrected chi connectivity index (χ0v) is 10.3. The molecule has 0 aliphatic rings. The highest BCUT2D eigenvalue weighted by Crippen LogP contribution is 2.25. The zero-order valence-electron chi connectivity index (χ0n) is 10.3. The molecule has 6 heteroatoms. The molecule has 1 unspecified atom stereocenters. The normalized spacial score (nSPS) is 11.9. The lowest BCUT2D eigenvalue weighted by Gasteiger charge is -2.27. The maximum Gasteiger partial charge on any atom is 0.335 e. The Morgan fingerprint density at radius 2 is 2.00 bits per heavy atom. The van der Waals surface area contributed by atoms with Crippen LogP contribution in [0.4, 0.5) is 11.4 Å². The molecule has 0 aromatic heterocycles. The molecule has 0 fully saturated rings. The van der Waals surface area contributed by atoms with Gasteiger partial charge in [0.05, 0.1) is 16.9 Å². The van der Waals surface area contributed by atoms with Gasteiger partial charge in [0.1, 0.15) is 6.04 Å². The Morgan fingerprint density at radius 3 is 2.39 bits per heavy atom. The summed E-state index contributed by atoms with van der Waals surface area (Å²) in [5.74, 6) is -2.01. The first kappa shape index (κ1) is 13.8. The van der Waals surface area contributed by atoms with Crippen molar-refractivity contribution in [3.8, 4) is 0 Å². The Morgan fingerprint density at radius 1 is 1.39 bits per heavy atom. The maximum atomic E-state index is 11.1. The molecule has 0 spiro atoms. The molecule has 1 aromatic carbocycles. The monoisotopic (exact) mass is 252 g/mol. The number of aromatic carboxylic acids is 1. The van der Waals surface area contributed by atoms with Gasteiger partial charge in [-0.3, -0.25) is 0 Å². The first-order valence-electron chi connectivity index (χ1n) is 5.47. The summed E-state index contributed by atoms with van der Waals surface area (Å²) in [7, 11) is 1.62. The van der Waals surface area contributed by atoms with Crippen LogP contribution in [0.25, 0.3) is 0 Å². The molecule has 0 heterocycles. The fraction of sp³-hybridized carbons (Fsp3) is 0.333. The van der Waals surface area contributed by atoms with Gasteiger partial charge in [-0.2, -0.15) is 0 Å². The van der Waals surface area contributed by atoms with Gasteiger partial charge in [0.25, 0.3) is 0 Å². The van der Waals surface area contributed by atoms with Gasteiger partial charge in [-0.1, -0.05) is 6.92 Å². The fourth-order valence-corrected chi connectivity index (χ4v) is 1.79. The lowest BCUT2D eigenvalue weighted by molar-refractivity contribution is -0.138. The summed E-state index contributed by atoms with van der Waals surface area (Å²) in [5.41, 5.74) is 6.59. The number of carboxylic acids is 2. The van der Waals surface area contributed by atoms with E-state index in [0.717, 1.165) is 0 Å². The molecule has 0 amide bonds. The van der Waals surface area contributed by atoms with Crippen molar-refractivity contribution in [2.45, 2.75) is 19.4 Å². The van der Waals surface area contributed by atoms with Crippen LogP contribution in [0.15, 0.2) is 18.2 Å². The average molecular weight is 252 g/mol. The number of nitrogen functional groups attached to an aromatic ring is 1. The Hall–Kier alpha value is -2.24. The molecule has 0 saturated heterocycles. The Labute approximate surface area is 105 Å². The molecule has 1 rings (SSSR count).